The maximum Gasteiger partial charge on any atom is 0.138 e. The van der Waals surface area contributed by atoms with Gasteiger partial charge in [-0.3, -0.25) is 4.57 Å². The molecule has 5 heteroatoms. The number of aromatic nitrogens is 2. The van der Waals surface area contributed by atoms with E-state index in [1.165, 1.54) is 50.2 Å². The van der Waals surface area contributed by atoms with Crippen LogP contribution in [0.1, 0.15) is 77.0 Å². The highest BCUT2D eigenvalue weighted by atomic mass is 16.5. The standard InChI is InChI=1S/C60H56N4O/c1-40(2)49-25-17-26-50(41(3)4)59(49)63-33-32-62(39-63)46-22-16-23-47(37-46)65-48-28-29-52-51-24-14-15-27-55(51)64(56(52)38-48)57-34-44(30-31-61-57)58-53(42-18-10-8-11-19-42)35-45(60(5,6)7)36-54(58)43-20-12-9-13-21-43/h8-38,40-41H,39H2,1-7H3. The number of fused-ring (bicyclic) bond motifs is 3. The molecule has 9 aromatic rings. The number of ether oxygens (including phenoxy) is 1. The van der Waals surface area contributed by atoms with Crippen LogP contribution in [-0.4, -0.2) is 16.2 Å². The SMILES string of the molecule is CC(C)c1cccc(C(C)C)c1N1C=CN(c2cccc(Oc3ccc4c5ccccc5n(-c5cc(-c6c(-c7ccccc7)cc(C(C)(C)C)cc6-c6ccccc6)ccn5)c4c3)c2)C1. The molecule has 0 atom stereocenters. The van der Waals surface area contributed by atoms with Gasteiger partial charge in [0.1, 0.15) is 17.3 Å². The average molecular weight is 849 g/mol. The monoisotopic (exact) mass is 848 g/mol. The number of pyridine rings is 1. The largest absolute Gasteiger partial charge is 0.457 e. The van der Waals surface area contributed by atoms with Crippen molar-refractivity contribution < 1.29 is 4.74 Å². The van der Waals surface area contributed by atoms with Crippen molar-refractivity contribution in [2.75, 3.05) is 16.5 Å². The molecule has 7 aromatic carbocycles. The minimum absolute atomic E-state index is 0.0523. The molecule has 2 aromatic heterocycles. The predicted octanol–water partition coefficient (Wildman–Crippen LogP) is 16.3. The van der Waals surface area contributed by atoms with Crippen LogP contribution in [0.15, 0.2) is 188 Å². The lowest BCUT2D eigenvalue weighted by Crippen LogP contribution is -2.26. The summed E-state index contributed by atoms with van der Waals surface area (Å²) < 4.78 is 9.04. The summed E-state index contributed by atoms with van der Waals surface area (Å²) in [5, 5.41) is 2.31. The summed E-state index contributed by atoms with van der Waals surface area (Å²) in [6.45, 7) is 16.7. The Morgan fingerprint density at radius 3 is 1.78 bits per heavy atom. The van der Waals surface area contributed by atoms with Crippen LogP contribution in [0.2, 0.25) is 0 Å². The van der Waals surface area contributed by atoms with E-state index in [4.69, 9.17) is 9.72 Å². The third-order valence-electron chi connectivity index (χ3n) is 12.8. The second-order valence-corrected chi connectivity index (χ2v) is 18.9. The molecule has 0 fully saturated rings. The Morgan fingerprint density at radius 2 is 1.12 bits per heavy atom. The van der Waals surface area contributed by atoms with Gasteiger partial charge in [0, 0.05) is 52.9 Å². The summed E-state index contributed by atoms with van der Waals surface area (Å²) >= 11 is 0. The van der Waals surface area contributed by atoms with E-state index in [1.54, 1.807) is 0 Å². The third-order valence-corrected chi connectivity index (χ3v) is 12.8. The van der Waals surface area contributed by atoms with Crippen LogP contribution in [0.5, 0.6) is 11.5 Å². The number of hydrogen-bond donors (Lipinski definition) is 0. The first kappa shape index (κ1) is 41.6. The van der Waals surface area contributed by atoms with Gasteiger partial charge < -0.3 is 14.5 Å². The molecule has 0 saturated carbocycles. The molecule has 65 heavy (non-hydrogen) atoms. The Morgan fingerprint density at radius 1 is 0.523 bits per heavy atom. The van der Waals surface area contributed by atoms with E-state index in [9.17, 15) is 0 Å². The average Bonchev–Trinajstić information content (AvgIpc) is 3.95. The second-order valence-electron chi connectivity index (χ2n) is 18.9. The molecule has 5 nitrogen and oxygen atoms in total. The molecule has 10 rings (SSSR count). The number of benzene rings is 7. The zero-order chi connectivity index (χ0) is 44.8. The number of hydrogen-bond acceptors (Lipinski definition) is 4. The number of rotatable bonds is 10. The summed E-state index contributed by atoms with van der Waals surface area (Å²) in [7, 11) is 0. The van der Waals surface area contributed by atoms with E-state index in [0.717, 1.165) is 57.0 Å². The van der Waals surface area contributed by atoms with Gasteiger partial charge in [-0.05, 0) is 122 Å². The molecule has 0 amide bonds. The third kappa shape index (κ3) is 7.97. The minimum Gasteiger partial charge on any atom is -0.457 e. The first-order valence-electron chi connectivity index (χ1n) is 22.9. The van der Waals surface area contributed by atoms with Crippen LogP contribution in [0, 0.1) is 0 Å². The Hall–Kier alpha value is -7.37. The molecule has 0 N–H and O–H groups in total. The van der Waals surface area contributed by atoms with Crippen molar-refractivity contribution in [3.05, 3.63) is 205 Å². The van der Waals surface area contributed by atoms with Gasteiger partial charge in [0.15, 0.2) is 0 Å². The van der Waals surface area contributed by atoms with Gasteiger partial charge in [-0.15, -0.1) is 0 Å². The van der Waals surface area contributed by atoms with Crippen LogP contribution < -0.4 is 14.5 Å². The first-order chi connectivity index (χ1) is 31.5. The lowest BCUT2D eigenvalue weighted by molar-refractivity contribution is 0.483. The second kappa shape index (κ2) is 17.0. The van der Waals surface area contributed by atoms with Crippen molar-refractivity contribution >= 4 is 33.2 Å². The number of anilines is 2. The predicted molar refractivity (Wildman–Crippen MR) is 274 cm³/mol. The molecule has 3 heterocycles. The molecular weight excluding hydrogens is 793 g/mol. The normalized spacial score (nSPS) is 12.9. The molecule has 0 unspecified atom stereocenters. The molecule has 322 valence electrons. The van der Waals surface area contributed by atoms with Crippen LogP contribution >= 0.6 is 0 Å². The molecule has 0 radical (unpaired) electrons. The minimum atomic E-state index is -0.0523. The maximum absolute atomic E-state index is 6.75. The van der Waals surface area contributed by atoms with Crippen molar-refractivity contribution in [3.63, 3.8) is 0 Å². The first-order valence-corrected chi connectivity index (χ1v) is 22.9. The summed E-state index contributed by atoms with van der Waals surface area (Å²) in [5.41, 5.74) is 15.6. The highest BCUT2D eigenvalue weighted by Crippen LogP contribution is 2.45. The maximum atomic E-state index is 6.75. The van der Waals surface area contributed by atoms with Gasteiger partial charge in [0.25, 0.3) is 0 Å². The molecule has 0 aliphatic carbocycles. The Bertz CT molecular complexity index is 3120. The highest BCUT2D eigenvalue weighted by molar-refractivity contribution is 6.09. The van der Waals surface area contributed by atoms with Gasteiger partial charge in [0.2, 0.25) is 0 Å². The van der Waals surface area contributed by atoms with Gasteiger partial charge in [-0.1, -0.05) is 152 Å². The van der Waals surface area contributed by atoms with Crippen molar-refractivity contribution in [1.82, 2.24) is 9.55 Å². The van der Waals surface area contributed by atoms with E-state index >= 15 is 0 Å². The fourth-order valence-electron chi connectivity index (χ4n) is 9.47. The Balaban J connectivity index is 1.04. The summed E-state index contributed by atoms with van der Waals surface area (Å²) in [4.78, 5) is 9.78. The molecule has 0 spiro atoms. The highest BCUT2D eigenvalue weighted by Gasteiger charge is 2.25. The molecule has 1 aliphatic rings. The Labute approximate surface area is 383 Å². The van der Waals surface area contributed by atoms with Crippen molar-refractivity contribution in [2.45, 2.75) is 65.7 Å². The zero-order valence-electron chi connectivity index (χ0n) is 38.5. The van der Waals surface area contributed by atoms with Gasteiger partial charge in [-0.25, -0.2) is 4.98 Å². The molecule has 0 bridgehead atoms. The van der Waals surface area contributed by atoms with Crippen LogP contribution in [0.3, 0.4) is 0 Å². The molecule has 0 saturated heterocycles. The van der Waals surface area contributed by atoms with Crippen molar-refractivity contribution in [2.24, 2.45) is 0 Å². The lowest BCUT2D eigenvalue weighted by atomic mass is 9.79. The fourth-order valence-corrected chi connectivity index (χ4v) is 9.47. The Kier molecular flexibility index (Phi) is 10.9. The van der Waals surface area contributed by atoms with Gasteiger partial charge >= 0.3 is 0 Å². The van der Waals surface area contributed by atoms with Gasteiger partial charge in [0.05, 0.1) is 17.7 Å². The van der Waals surface area contributed by atoms with Crippen LogP contribution in [0.25, 0.3) is 61.0 Å². The lowest BCUT2D eigenvalue weighted by Gasteiger charge is -2.28. The summed E-state index contributed by atoms with van der Waals surface area (Å²) in [6, 6.07) is 60.9. The van der Waals surface area contributed by atoms with Crippen LogP contribution in [-0.2, 0) is 5.41 Å². The van der Waals surface area contributed by atoms with Gasteiger partial charge in [-0.2, -0.15) is 0 Å². The van der Waals surface area contributed by atoms with E-state index in [1.807, 2.05) is 12.3 Å². The summed E-state index contributed by atoms with van der Waals surface area (Å²) in [5.74, 6) is 3.23. The van der Waals surface area contributed by atoms with Crippen molar-refractivity contribution in [1.29, 1.82) is 0 Å². The number of para-hydroxylation sites is 2. The topological polar surface area (TPSA) is 33.5 Å². The van der Waals surface area contributed by atoms with E-state index in [-0.39, 0.29) is 5.41 Å². The summed E-state index contributed by atoms with van der Waals surface area (Å²) in [6.07, 6.45) is 6.34. The van der Waals surface area contributed by atoms with E-state index in [0.29, 0.717) is 11.8 Å². The quantitative estimate of drug-likeness (QED) is 0.137. The van der Waals surface area contributed by atoms with Crippen molar-refractivity contribution in [3.8, 4) is 50.7 Å². The van der Waals surface area contributed by atoms with E-state index in [2.05, 4.69) is 239 Å². The number of nitrogens with zero attached hydrogens (tertiary/aromatic N) is 4. The zero-order valence-corrected chi connectivity index (χ0v) is 38.5. The molecule has 1 aliphatic heterocycles. The van der Waals surface area contributed by atoms with Crippen LogP contribution in [0.4, 0.5) is 11.4 Å². The fraction of sp³-hybridized carbons (Fsp3) is 0.183. The van der Waals surface area contributed by atoms with E-state index < -0.39 is 0 Å². The molecular formula is C60H56N4O. The smallest absolute Gasteiger partial charge is 0.138 e.